The molecule has 7 heteroatoms. The van der Waals surface area contributed by atoms with Crippen molar-refractivity contribution in [2.24, 2.45) is 0 Å². The third-order valence-electron chi connectivity index (χ3n) is 6.06. The second-order valence-corrected chi connectivity index (χ2v) is 8.26. The summed E-state index contributed by atoms with van der Waals surface area (Å²) in [6.45, 7) is 3.24. The summed E-state index contributed by atoms with van der Waals surface area (Å²) >= 11 is 0. The summed E-state index contributed by atoms with van der Waals surface area (Å²) in [6.07, 6.45) is 3.16. The van der Waals surface area contributed by atoms with Crippen molar-refractivity contribution in [1.29, 1.82) is 5.26 Å². The molecule has 4 rings (SSSR count). The number of carbonyl (C=O) groups is 2. The van der Waals surface area contributed by atoms with Crippen LogP contribution < -0.4 is 11.1 Å². The van der Waals surface area contributed by atoms with Gasteiger partial charge >= 0.3 is 0 Å². The monoisotopic (exact) mass is 439 g/mol. The van der Waals surface area contributed by atoms with Gasteiger partial charge in [0.25, 0.3) is 11.8 Å². The number of likely N-dealkylation sites (tertiary alicyclic amines) is 1. The van der Waals surface area contributed by atoms with Crippen LogP contribution in [0.1, 0.15) is 56.3 Å². The van der Waals surface area contributed by atoms with E-state index in [1.165, 1.54) is 17.8 Å². The average Bonchev–Trinajstić information content (AvgIpc) is 2.85. The van der Waals surface area contributed by atoms with Crippen LogP contribution in [0.2, 0.25) is 0 Å². The quantitative estimate of drug-likeness (QED) is 0.594. The Bertz CT molecular complexity index is 1200. The number of pyridine rings is 1. The van der Waals surface area contributed by atoms with Crippen molar-refractivity contribution in [1.82, 2.24) is 9.88 Å². The molecule has 166 valence electrons. The van der Waals surface area contributed by atoms with Crippen molar-refractivity contribution in [2.75, 3.05) is 24.1 Å². The number of hydrogen-bond donors (Lipinski definition) is 2. The molecule has 0 bridgehead atoms. The van der Waals surface area contributed by atoms with E-state index in [1.807, 2.05) is 36.1 Å². The number of piperidine rings is 1. The number of carbonyl (C=O) groups excluding carboxylic acids is 2. The van der Waals surface area contributed by atoms with Gasteiger partial charge in [0.05, 0.1) is 5.56 Å². The standard InChI is InChI=1S/C26H25N5O2/c1-17-2-3-20(14-24(17)30-25(32)21-6-9-23(15-27)29-16-21)26(33)31-12-10-19(11-13-31)18-4-7-22(28)8-5-18/h2-9,14,16,19H,10-13,28H2,1H3,(H,30,32). The van der Waals surface area contributed by atoms with E-state index in [9.17, 15) is 9.59 Å². The first-order valence-corrected chi connectivity index (χ1v) is 10.9. The number of nitrogens with two attached hydrogens (primary N) is 1. The number of amides is 2. The fourth-order valence-corrected chi connectivity index (χ4v) is 4.05. The molecule has 3 N–H and O–H groups in total. The molecule has 1 aliphatic rings. The van der Waals surface area contributed by atoms with E-state index in [0.717, 1.165) is 24.1 Å². The van der Waals surface area contributed by atoms with Crippen LogP contribution in [-0.4, -0.2) is 34.8 Å². The van der Waals surface area contributed by atoms with E-state index in [0.29, 0.717) is 35.8 Å². The molecule has 0 unspecified atom stereocenters. The largest absolute Gasteiger partial charge is 0.399 e. The molecule has 2 aromatic carbocycles. The summed E-state index contributed by atoms with van der Waals surface area (Å²) in [5.74, 6) is 0.0360. The summed E-state index contributed by atoms with van der Waals surface area (Å²) in [7, 11) is 0. The van der Waals surface area contributed by atoms with Crippen LogP contribution in [0.4, 0.5) is 11.4 Å². The molecular weight excluding hydrogens is 414 g/mol. The second-order valence-electron chi connectivity index (χ2n) is 8.26. The van der Waals surface area contributed by atoms with E-state index in [4.69, 9.17) is 11.0 Å². The summed E-state index contributed by atoms with van der Waals surface area (Å²) in [4.78, 5) is 31.5. The number of nitrogens with one attached hydrogen (secondary N) is 1. The van der Waals surface area contributed by atoms with Crippen LogP contribution in [0.3, 0.4) is 0 Å². The van der Waals surface area contributed by atoms with E-state index >= 15 is 0 Å². The highest BCUT2D eigenvalue weighted by atomic mass is 16.2. The molecule has 3 aromatic rings. The minimum absolute atomic E-state index is 0.0405. The van der Waals surface area contributed by atoms with Gasteiger partial charge in [0.15, 0.2) is 0 Å². The third kappa shape index (κ3) is 5.01. The molecule has 33 heavy (non-hydrogen) atoms. The summed E-state index contributed by atoms with van der Waals surface area (Å²) in [5.41, 5.74) is 10.4. The fraction of sp³-hybridized carbons (Fsp3) is 0.231. The van der Waals surface area contributed by atoms with Gasteiger partial charge < -0.3 is 16.0 Å². The Balaban J connectivity index is 1.42. The first kappa shape index (κ1) is 22.0. The Hall–Kier alpha value is -4.18. The predicted octanol–water partition coefficient (Wildman–Crippen LogP) is 4.12. The van der Waals surface area contributed by atoms with Crippen LogP contribution in [0.5, 0.6) is 0 Å². The lowest BCUT2D eigenvalue weighted by atomic mass is 9.89. The molecule has 2 heterocycles. The molecule has 1 aliphatic heterocycles. The molecule has 0 radical (unpaired) electrons. The number of nitrogens with zero attached hydrogens (tertiary/aromatic N) is 3. The van der Waals surface area contributed by atoms with Crippen molar-refractivity contribution >= 4 is 23.2 Å². The average molecular weight is 440 g/mol. The maximum absolute atomic E-state index is 13.1. The van der Waals surface area contributed by atoms with Gasteiger partial charge in [0.1, 0.15) is 11.8 Å². The Morgan fingerprint density at radius 1 is 1.06 bits per heavy atom. The molecule has 0 atom stereocenters. The molecule has 1 aromatic heterocycles. The van der Waals surface area contributed by atoms with E-state index < -0.39 is 0 Å². The van der Waals surface area contributed by atoms with Crippen molar-refractivity contribution in [3.05, 3.63) is 88.7 Å². The number of nitrogen functional groups attached to an aromatic ring is 1. The van der Waals surface area contributed by atoms with Gasteiger partial charge in [0, 0.05) is 36.2 Å². The third-order valence-corrected chi connectivity index (χ3v) is 6.06. The van der Waals surface area contributed by atoms with Gasteiger partial charge in [-0.25, -0.2) is 4.98 Å². The first-order chi connectivity index (χ1) is 15.9. The summed E-state index contributed by atoms with van der Waals surface area (Å²) < 4.78 is 0. The molecule has 2 amide bonds. The predicted molar refractivity (Wildman–Crippen MR) is 127 cm³/mol. The highest BCUT2D eigenvalue weighted by Gasteiger charge is 2.25. The van der Waals surface area contributed by atoms with Gasteiger partial charge in [-0.3, -0.25) is 9.59 Å². The van der Waals surface area contributed by atoms with Crippen LogP contribution in [0.15, 0.2) is 60.8 Å². The number of aryl methyl sites for hydroxylation is 1. The van der Waals surface area contributed by atoms with Gasteiger partial charge in [-0.05, 0) is 73.2 Å². The smallest absolute Gasteiger partial charge is 0.257 e. The molecule has 7 nitrogen and oxygen atoms in total. The number of aromatic nitrogens is 1. The van der Waals surface area contributed by atoms with Gasteiger partial charge in [-0.2, -0.15) is 5.26 Å². The zero-order valence-corrected chi connectivity index (χ0v) is 18.4. The Labute approximate surface area is 192 Å². The molecule has 0 saturated carbocycles. The Kier molecular flexibility index (Phi) is 6.36. The minimum atomic E-state index is -0.344. The number of benzene rings is 2. The SMILES string of the molecule is Cc1ccc(C(=O)N2CCC(c3ccc(N)cc3)CC2)cc1NC(=O)c1ccc(C#N)nc1. The molecular formula is C26H25N5O2. The van der Waals surface area contributed by atoms with Crippen LogP contribution >= 0.6 is 0 Å². The topological polar surface area (TPSA) is 112 Å². The fourth-order valence-electron chi connectivity index (χ4n) is 4.05. The van der Waals surface area contributed by atoms with Crippen molar-refractivity contribution in [3.63, 3.8) is 0 Å². The second kappa shape index (κ2) is 9.53. The van der Waals surface area contributed by atoms with Crippen molar-refractivity contribution in [2.45, 2.75) is 25.7 Å². The molecule has 0 aliphatic carbocycles. The molecule has 1 fully saturated rings. The number of rotatable bonds is 4. The highest BCUT2D eigenvalue weighted by Crippen LogP contribution is 2.29. The summed E-state index contributed by atoms with van der Waals surface area (Å²) in [6, 6.07) is 18.3. The van der Waals surface area contributed by atoms with Gasteiger partial charge in [-0.15, -0.1) is 0 Å². The first-order valence-electron chi connectivity index (χ1n) is 10.9. The highest BCUT2D eigenvalue weighted by molar-refractivity contribution is 6.05. The van der Waals surface area contributed by atoms with E-state index in [-0.39, 0.29) is 17.5 Å². The zero-order valence-electron chi connectivity index (χ0n) is 18.4. The number of nitriles is 1. The minimum Gasteiger partial charge on any atom is -0.399 e. The van der Waals surface area contributed by atoms with E-state index in [1.54, 1.807) is 18.2 Å². The number of hydrogen-bond acceptors (Lipinski definition) is 5. The van der Waals surface area contributed by atoms with Gasteiger partial charge in [-0.1, -0.05) is 18.2 Å². The lowest BCUT2D eigenvalue weighted by Crippen LogP contribution is -2.38. The lowest BCUT2D eigenvalue weighted by molar-refractivity contribution is 0.0712. The maximum atomic E-state index is 13.1. The maximum Gasteiger partial charge on any atom is 0.257 e. The molecule has 0 spiro atoms. The Morgan fingerprint density at radius 2 is 1.76 bits per heavy atom. The summed E-state index contributed by atoms with van der Waals surface area (Å²) in [5, 5.41) is 11.7. The van der Waals surface area contributed by atoms with Gasteiger partial charge in [0.2, 0.25) is 0 Å². The Morgan fingerprint density at radius 3 is 2.39 bits per heavy atom. The van der Waals surface area contributed by atoms with E-state index in [2.05, 4.69) is 22.4 Å². The zero-order chi connectivity index (χ0) is 23.4. The lowest BCUT2D eigenvalue weighted by Gasteiger charge is -2.32. The van der Waals surface area contributed by atoms with Crippen molar-refractivity contribution in [3.8, 4) is 6.07 Å². The van der Waals surface area contributed by atoms with Crippen molar-refractivity contribution < 1.29 is 9.59 Å². The number of anilines is 2. The van der Waals surface area contributed by atoms with Crippen LogP contribution in [-0.2, 0) is 0 Å². The normalized spacial score (nSPS) is 13.9. The molecule has 1 saturated heterocycles. The van der Waals surface area contributed by atoms with Crippen LogP contribution in [0.25, 0.3) is 0 Å². The van der Waals surface area contributed by atoms with Crippen LogP contribution in [0, 0.1) is 18.3 Å².